The van der Waals surface area contributed by atoms with E-state index >= 15 is 0 Å². The molecule has 1 atom stereocenters. The molecule has 3 heterocycles. The first-order valence-corrected chi connectivity index (χ1v) is 8.81. The van der Waals surface area contributed by atoms with Crippen LogP contribution in [0.15, 0.2) is 35.1 Å². The number of furan rings is 1. The number of nitrogens with zero attached hydrogens (tertiary/aromatic N) is 3. The molecule has 1 N–H and O–H groups in total. The van der Waals surface area contributed by atoms with E-state index in [-0.39, 0.29) is 23.8 Å². The molecule has 1 fully saturated rings. The van der Waals surface area contributed by atoms with Crippen LogP contribution in [0.3, 0.4) is 0 Å². The first kappa shape index (κ1) is 15.9. The van der Waals surface area contributed by atoms with Gasteiger partial charge in [-0.3, -0.25) is 14.3 Å². The third-order valence-corrected chi connectivity index (χ3v) is 5.11. The van der Waals surface area contributed by atoms with Crippen molar-refractivity contribution in [3.05, 3.63) is 42.1 Å². The Balaban J connectivity index is 1.40. The van der Waals surface area contributed by atoms with Crippen molar-refractivity contribution in [2.24, 2.45) is 5.92 Å². The predicted octanol–water partition coefficient (Wildman–Crippen LogP) is 1.87. The Kier molecular flexibility index (Phi) is 4.29. The average Bonchev–Trinajstić information content (AvgIpc) is 3.22. The third-order valence-electron chi connectivity index (χ3n) is 5.11. The summed E-state index contributed by atoms with van der Waals surface area (Å²) in [4.78, 5) is 26.8. The van der Waals surface area contributed by atoms with Crippen LogP contribution in [-0.2, 0) is 22.7 Å². The summed E-state index contributed by atoms with van der Waals surface area (Å²) in [5.41, 5.74) is 0.989. The number of hydrogen-bond acceptors (Lipinski definition) is 4. The molecule has 0 spiro atoms. The first-order chi connectivity index (χ1) is 12.2. The lowest BCUT2D eigenvalue weighted by atomic mass is 9.84. The van der Waals surface area contributed by atoms with E-state index in [1.807, 2.05) is 21.7 Å². The van der Waals surface area contributed by atoms with Crippen LogP contribution < -0.4 is 5.32 Å². The zero-order valence-corrected chi connectivity index (χ0v) is 14.1. The van der Waals surface area contributed by atoms with Crippen LogP contribution in [0.5, 0.6) is 0 Å². The van der Waals surface area contributed by atoms with Crippen molar-refractivity contribution in [2.45, 2.75) is 44.8 Å². The maximum Gasteiger partial charge on any atom is 0.226 e. The number of fused-ring (bicyclic) bond motifs is 1. The fourth-order valence-electron chi connectivity index (χ4n) is 3.50. The molecule has 1 aliphatic carbocycles. The van der Waals surface area contributed by atoms with Crippen molar-refractivity contribution >= 4 is 11.8 Å². The standard InChI is InChI=1S/C18H22N4O3/c23-17(19-10-16-5-2-8-25-16)9-15-12-21(18(24)13-3-1-4-13)11-14-6-7-20-22(14)15/h2,5-8,13,15H,1,3-4,9-12H2,(H,19,23)/t15-/m1/s1. The van der Waals surface area contributed by atoms with E-state index in [4.69, 9.17) is 4.42 Å². The Morgan fingerprint density at radius 3 is 2.92 bits per heavy atom. The van der Waals surface area contributed by atoms with Crippen LogP contribution in [0.4, 0.5) is 0 Å². The molecular formula is C18H22N4O3. The fourth-order valence-corrected chi connectivity index (χ4v) is 3.50. The fraction of sp³-hybridized carbons (Fsp3) is 0.500. The van der Waals surface area contributed by atoms with Crippen molar-refractivity contribution in [3.63, 3.8) is 0 Å². The summed E-state index contributed by atoms with van der Waals surface area (Å²) in [7, 11) is 0. The molecule has 2 amide bonds. The number of hydrogen-bond donors (Lipinski definition) is 1. The largest absolute Gasteiger partial charge is 0.467 e. The SMILES string of the molecule is O=C(C[C@@H]1CN(C(=O)C2CCC2)Cc2ccnn21)NCc1ccco1. The van der Waals surface area contributed by atoms with Crippen LogP contribution in [0, 0.1) is 5.92 Å². The Morgan fingerprint density at radius 1 is 1.32 bits per heavy atom. The van der Waals surface area contributed by atoms with Gasteiger partial charge in [0.05, 0.1) is 37.5 Å². The van der Waals surface area contributed by atoms with Gasteiger partial charge in [0, 0.05) is 18.7 Å². The molecule has 7 nitrogen and oxygen atoms in total. The van der Waals surface area contributed by atoms with Crippen molar-refractivity contribution in [2.75, 3.05) is 6.54 Å². The van der Waals surface area contributed by atoms with E-state index in [9.17, 15) is 9.59 Å². The number of amides is 2. The van der Waals surface area contributed by atoms with Gasteiger partial charge in [0.15, 0.2) is 0 Å². The highest BCUT2D eigenvalue weighted by Crippen LogP contribution is 2.31. The van der Waals surface area contributed by atoms with E-state index in [1.165, 1.54) is 0 Å². The van der Waals surface area contributed by atoms with Crippen LogP contribution in [-0.4, -0.2) is 33.0 Å². The minimum atomic E-state index is -0.126. The van der Waals surface area contributed by atoms with Crippen LogP contribution in [0.1, 0.15) is 43.2 Å². The van der Waals surface area contributed by atoms with Crippen molar-refractivity contribution in [1.82, 2.24) is 20.0 Å². The molecule has 0 saturated heterocycles. The highest BCUT2D eigenvalue weighted by Gasteiger charge is 2.35. The molecule has 2 aliphatic rings. The second-order valence-electron chi connectivity index (χ2n) is 6.83. The summed E-state index contributed by atoms with van der Waals surface area (Å²) in [6.07, 6.45) is 6.74. The molecule has 0 unspecified atom stereocenters. The van der Waals surface area contributed by atoms with Crippen molar-refractivity contribution in [1.29, 1.82) is 0 Å². The Hall–Kier alpha value is -2.57. The van der Waals surface area contributed by atoms with Gasteiger partial charge in [0.25, 0.3) is 0 Å². The van der Waals surface area contributed by atoms with Gasteiger partial charge in [-0.05, 0) is 31.0 Å². The monoisotopic (exact) mass is 342 g/mol. The zero-order valence-electron chi connectivity index (χ0n) is 14.1. The van der Waals surface area contributed by atoms with Crippen molar-refractivity contribution < 1.29 is 14.0 Å². The van der Waals surface area contributed by atoms with Crippen LogP contribution in [0.25, 0.3) is 0 Å². The van der Waals surface area contributed by atoms with Gasteiger partial charge in [-0.2, -0.15) is 5.10 Å². The third kappa shape index (κ3) is 3.31. The lowest BCUT2D eigenvalue weighted by Gasteiger charge is -2.37. The minimum absolute atomic E-state index is 0.0687. The summed E-state index contributed by atoms with van der Waals surface area (Å²) in [6, 6.07) is 5.42. The van der Waals surface area contributed by atoms with Gasteiger partial charge in [0.2, 0.25) is 11.8 Å². The lowest BCUT2D eigenvalue weighted by Crippen LogP contribution is -2.46. The number of rotatable bonds is 5. The minimum Gasteiger partial charge on any atom is -0.467 e. The van der Waals surface area contributed by atoms with E-state index in [0.29, 0.717) is 26.1 Å². The van der Waals surface area contributed by atoms with Gasteiger partial charge in [0.1, 0.15) is 5.76 Å². The molecule has 1 saturated carbocycles. The maximum absolute atomic E-state index is 12.6. The Labute approximate surface area is 146 Å². The molecular weight excluding hydrogens is 320 g/mol. The van der Waals surface area contributed by atoms with E-state index < -0.39 is 0 Å². The number of carbonyl (C=O) groups excluding carboxylic acids is 2. The van der Waals surface area contributed by atoms with Crippen molar-refractivity contribution in [3.8, 4) is 0 Å². The highest BCUT2D eigenvalue weighted by molar-refractivity contribution is 5.80. The number of aromatic nitrogens is 2. The summed E-state index contributed by atoms with van der Waals surface area (Å²) in [5.74, 6) is 1.04. The predicted molar refractivity (Wildman–Crippen MR) is 89.2 cm³/mol. The van der Waals surface area contributed by atoms with E-state index in [1.54, 1.807) is 18.5 Å². The van der Waals surface area contributed by atoms with Gasteiger partial charge < -0.3 is 14.6 Å². The summed E-state index contributed by atoms with van der Waals surface area (Å²) < 4.78 is 7.11. The van der Waals surface area contributed by atoms with E-state index in [2.05, 4.69) is 10.4 Å². The summed E-state index contributed by atoms with van der Waals surface area (Å²) in [5, 5.41) is 7.22. The molecule has 0 aromatic carbocycles. The normalized spacial score (nSPS) is 20.0. The molecule has 7 heteroatoms. The smallest absolute Gasteiger partial charge is 0.226 e. The zero-order chi connectivity index (χ0) is 17.2. The second kappa shape index (κ2) is 6.74. The molecule has 4 rings (SSSR count). The van der Waals surface area contributed by atoms with Gasteiger partial charge in [-0.15, -0.1) is 0 Å². The molecule has 25 heavy (non-hydrogen) atoms. The van der Waals surface area contributed by atoms with Gasteiger partial charge in [-0.25, -0.2) is 0 Å². The molecule has 2 aromatic heterocycles. The average molecular weight is 342 g/mol. The first-order valence-electron chi connectivity index (χ1n) is 8.81. The molecule has 0 bridgehead atoms. The Morgan fingerprint density at radius 2 is 2.20 bits per heavy atom. The summed E-state index contributed by atoms with van der Waals surface area (Å²) in [6.45, 7) is 1.49. The molecule has 132 valence electrons. The van der Waals surface area contributed by atoms with Crippen LogP contribution in [0.2, 0.25) is 0 Å². The highest BCUT2D eigenvalue weighted by atomic mass is 16.3. The van der Waals surface area contributed by atoms with Gasteiger partial charge in [-0.1, -0.05) is 6.42 Å². The second-order valence-corrected chi connectivity index (χ2v) is 6.83. The lowest BCUT2D eigenvalue weighted by molar-refractivity contribution is -0.141. The topological polar surface area (TPSA) is 80.4 Å². The summed E-state index contributed by atoms with van der Waals surface area (Å²) >= 11 is 0. The molecule has 2 aromatic rings. The quantitative estimate of drug-likeness (QED) is 0.899. The van der Waals surface area contributed by atoms with Crippen LogP contribution >= 0.6 is 0 Å². The van der Waals surface area contributed by atoms with Gasteiger partial charge >= 0.3 is 0 Å². The number of carbonyl (C=O) groups is 2. The Bertz CT molecular complexity index is 748. The molecule has 0 radical (unpaired) electrons. The number of nitrogens with one attached hydrogen (secondary N) is 1. The molecule has 1 aliphatic heterocycles. The maximum atomic E-state index is 12.6. The van der Waals surface area contributed by atoms with E-state index in [0.717, 1.165) is 30.7 Å².